The van der Waals surface area contributed by atoms with E-state index in [4.69, 9.17) is 5.73 Å². The minimum atomic E-state index is -3.53. The number of nitrogen functional groups attached to an aromatic ring is 1. The lowest BCUT2D eigenvalue weighted by atomic mass is 10.0. The van der Waals surface area contributed by atoms with E-state index in [1.165, 1.54) is 0 Å². The predicted octanol–water partition coefficient (Wildman–Crippen LogP) is 1.51. The molecule has 0 aliphatic carbocycles. The molecule has 0 aromatic heterocycles. The van der Waals surface area contributed by atoms with Crippen LogP contribution in [0.25, 0.3) is 0 Å². The van der Waals surface area contributed by atoms with E-state index >= 15 is 0 Å². The van der Waals surface area contributed by atoms with Gasteiger partial charge in [0.25, 0.3) is 0 Å². The number of sulfonamides is 1. The molecule has 21 heavy (non-hydrogen) atoms. The maximum absolute atomic E-state index is 12.9. The van der Waals surface area contributed by atoms with Crippen LogP contribution in [0.5, 0.6) is 0 Å². The highest BCUT2D eigenvalue weighted by Gasteiger charge is 2.46. The highest BCUT2D eigenvalue weighted by atomic mass is 32.2. The highest BCUT2D eigenvalue weighted by molar-refractivity contribution is 7.89. The predicted molar refractivity (Wildman–Crippen MR) is 81.3 cm³/mol. The molecule has 0 spiro atoms. The van der Waals surface area contributed by atoms with Crippen molar-refractivity contribution in [2.45, 2.75) is 62.1 Å². The number of rotatable bonds is 3. The van der Waals surface area contributed by atoms with E-state index < -0.39 is 10.0 Å². The van der Waals surface area contributed by atoms with Gasteiger partial charge in [-0.3, -0.25) is 0 Å². The summed E-state index contributed by atoms with van der Waals surface area (Å²) < 4.78 is 27.4. The molecule has 2 heterocycles. The lowest BCUT2D eigenvalue weighted by Crippen LogP contribution is -2.47. The average Bonchev–Trinajstić information content (AvgIpc) is 2.72. The van der Waals surface area contributed by atoms with Crippen molar-refractivity contribution in [2.24, 2.45) is 0 Å². The van der Waals surface area contributed by atoms with Gasteiger partial charge in [0.1, 0.15) is 0 Å². The maximum atomic E-state index is 12.9. The number of benzene rings is 1. The topological polar surface area (TPSA) is 83.6 Å². The van der Waals surface area contributed by atoms with Gasteiger partial charge in [-0.25, -0.2) is 8.42 Å². The summed E-state index contributed by atoms with van der Waals surface area (Å²) in [5, 5.41) is 9.82. The van der Waals surface area contributed by atoms with Gasteiger partial charge in [-0.2, -0.15) is 4.31 Å². The van der Waals surface area contributed by atoms with Gasteiger partial charge in [0.15, 0.2) is 0 Å². The quantitative estimate of drug-likeness (QED) is 0.829. The zero-order chi connectivity index (χ0) is 15.2. The Morgan fingerprint density at radius 2 is 1.90 bits per heavy atom. The number of anilines is 1. The second kappa shape index (κ2) is 5.26. The Labute approximate surface area is 125 Å². The van der Waals surface area contributed by atoms with Crippen molar-refractivity contribution in [3.63, 3.8) is 0 Å². The summed E-state index contributed by atoms with van der Waals surface area (Å²) in [4.78, 5) is 0.269. The van der Waals surface area contributed by atoms with Gasteiger partial charge in [0.2, 0.25) is 10.0 Å². The molecule has 2 atom stereocenters. The SMILES string of the molecule is CCc1ccc(S(=O)(=O)N2C3CCC2CC(O)C3)cc1N. The van der Waals surface area contributed by atoms with Crippen molar-refractivity contribution in [2.75, 3.05) is 5.73 Å². The second-order valence-electron chi connectivity index (χ2n) is 6.06. The molecule has 0 saturated carbocycles. The number of piperidine rings is 1. The molecule has 0 amide bonds. The van der Waals surface area contributed by atoms with Crippen LogP contribution in [0.4, 0.5) is 5.69 Å². The summed E-state index contributed by atoms with van der Waals surface area (Å²) in [7, 11) is -3.53. The third kappa shape index (κ3) is 2.45. The normalized spacial score (nSPS) is 29.7. The van der Waals surface area contributed by atoms with E-state index in [-0.39, 0.29) is 23.1 Å². The number of aliphatic hydroxyl groups is 1. The Bertz CT molecular complexity index is 630. The first kappa shape index (κ1) is 14.8. The first-order valence-electron chi connectivity index (χ1n) is 7.53. The molecule has 2 saturated heterocycles. The van der Waals surface area contributed by atoms with Gasteiger partial charge in [0.05, 0.1) is 11.0 Å². The van der Waals surface area contributed by atoms with Gasteiger partial charge in [-0.15, -0.1) is 0 Å². The molecule has 1 aromatic rings. The Hall–Kier alpha value is -1.11. The smallest absolute Gasteiger partial charge is 0.243 e. The summed E-state index contributed by atoms with van der Waals surface area (Å²) >= 11 is 0. The summed E-state index contributed by atoms with van der Waals surface area (Å²) in [6, 6.07) is 4.86. The fourth-order valence-corrected chi connectivity index (χ4v) is 5.60. The van der Waals surface area contributed by atoms with Crippen LogP contribution in [0.1, 0.15) is 38.2 Å². The maximum Gasteiger partial charge on any atom is 0.243 e. The van der Waals surface area contributed by atoms with Crippen LogP contribution in [-0.4, -0.2) is 36.0 Å². The van der Waals surface area contributed by atoms with E-state index in [0.717, 1.165) is 24.8 Å². The molecule has 0 radical (unpaired) electrons. The number of nitrogens with zero attached hydrogens (tertiary/aromatic N) is 1. The lowest BCUT2D eigenvalue weighted by Gasteiger charge is -2.36. The number of nitrogens with two attached hydrogens (primary N) is 1. The van der Waals surface area contributed by atoms with Gasteiger partial charge in [0, 0.05) is 17.8 Å². The fraction of sp³-hybridized carbons (Fsp3) is 0.600. The van der Waals surface area contributed by atoms with Crippen molar-refractivity contribution in [1.29, 1.82) is 0 Å². The lowest BCUT2D eigenvalue weighted by molar-refractivity contribution is 0.0769. The molecule has 1 aromatic carbocycles. The largest absolute Gasteiger partial charge is 0.398 e. The number of hydrogen-bond donors (Lipinski definition) is 2. The summed E-state index contributed by atoms with van der Waals surface area (Å²) in [5.74, 6) is 0. The zero-order valence-electron chi connectivity index (χ0n) is 12.2. The molecule has 116 valence electrons. The van der Waals surface area contributed by atoms with Gasteiger partial charge >= 0.3 is 0 Å². The van der Waals surface area contributed by atoms with Crippen LogP contribution in [0, 0.1) is 0 Å². The first-order valence-corrected chi connectivity index (χ1v) is 8.97. The second-order valence-corrected chi connectivity index (χ2v) is 7.90. The first-order chi connectivity index (χ1) is 9.93. The monoisotopic (exact) mass is 310 g/mol. The Kier molecular flexibility index (Phi) is 3.71. The fourth-order valence-electron chi connectivity index (χ4n) is 3.67. The van der Waals surface area contributed by atoms with Crippen molar-refractivity contribution >= 4 is 15.7 Å². The minimum absolute atomic E-state index is 0.0733. The molecule has 6 heteroatoms. The van der Waals surface area contributed by atoms with Crippen LogP contribution in [0.2, 0.25) is 0 Å². The molecule has 2 fully saturated rings. The van der Waals surface area contributed by atoms with E-state index in [1.807, 2.05) is 6.92 Å². The van der Waals surface area contributed by atoms with Gasteiger partial charge in [-0.05, 0) is 49.8 Å². The van der Waals surface area contributed by atoms with E-state index in [9.17, 15) is 13.5 Å². The molecular weight excluding hydrogens is 288 g/mol. The number of aryl methyl sites for hydroxylation is 1. The number of aliphatic hydroxyl groups excluding tert-OH is 1. The summed E-state index contributed by atoms with van der Waals surface area (Å²) in [6.45, 7) is 1.99. The van der Waals surface area contributed by atoms with E-state index in [0.29, 0.717) is 18.5 Å². The Morgan fingerprint density at radius 1 is 1.29 bits per heavy atom. The van der Waals surface area contributed by atoms with Crippen LogP contribution < -0.4 is 5.73 Å². The van der Waals surface area contributed by atoms with Crippen LogP contribution in [-0.2, 0) is 16.4 Å². The minimum Gasteiger partial charge on any atom is -0.398 e. The van der Waals surface area contributed by atoms with Gasteiger partial charge in [-0.1, -0.05) is 13.0 Å². The van der Waals surface area contributed by atoms with Crippen LogP contribution in [0.15, 0.2) is 23.1 Å². The molecule has 5 nitrogen and oxygen atoms in total. The zero-order valence-corrected chi connectivity index (χ0v) is 13.0. The molecule has 3 rings (SSSR count). The van der Waals surface area contributed by atoms with E-state index in [2.05, 4.69) is 0 Å². The number of fused-ring (bicyclic) bond motifs is 2. The Balaban J connectivity index is 1.96. The number of hydrogen-bond acceptors (Lipinski definition) is 4. The standard InChI is InChI=1S/C15H22N2O3S/c1-2-10-3-6-14(9-15(10)16)21(19,20)17-11-4-5-12(17)8-13(18)7-11/h3,6,9,11-13,18H,2,4-5,7-8,16H2,1H3. The summed E-state index contributed by atoms with van der Waals surface area (Å²) in [5.41, 5.74) is 7.44. The average molecular weight is 310 g/mol. The van der Waals surface area contributed by atoms with Crippen molar-refractivity contribution < 1.29 is 13.5 Å². The molecule has 2 unspecified atom stereocenters. The van der Waals surface area contributed by atoms with E-state index in [1.54, 1.807) is 22.5 Å². The third-order valence-corrected chi connectivity index (χ3v) is 6.72. The molecular formula is C15H22N2O3S. The van der Waals surface area contributed by atoms with Crippen LogP contribution >= 0.6 is 0 Å². The van der Waals surface area contributed by atoms with Crippen molar-refractivity contribution in [3.8, 4) is 0 Å². The Morgan fingerprint density at radius 3 is 2.43 bits per heavy atom. The highest BCUT2D eigenvalue weighted by Crippen LogP contribution is 2.40. The molecule has 2 aliphatic heterocycles. The molecule has 2 bridgehead atoms. The van der Waals surface area contributed by atoms with Crippen molar-refractivity contribution in [1.82, 2.24) is 4.31 Å². The van der Waals surface area contributed by atoms with Crippen molar-refractivity contribution in [3.05, 3.63) is 23.8 Å². The molecule has 2 aliphatic rings. The van der Waals surface area contributed by atoms with Gasteiger partial charge < -0.3 is 10.8 Å². The third-order valence-electron chi connectivity index (χ3n) is 4.71. The molecule has 3 N–H and O–H groups in total. The van der Waals surface area contributed by atoms with Crippen LogP contribution in [0.3, 0.4) is 0 Å². The summed E-state index contributed by atoms with van der Waals surface area (Å²) in [6.07, 6.45) is 3.16.